The van der Waals surface area contributed by atoms with E-state index in [0.29, 0.717) is 24.0 Å². The summed E-state index contributed by atoms with van der Waals surface area (Å²) < 4.78 is 67.9. The molecule has 2 aliphatic rings. The summed E-state index contributed by atoms with van der Waals surface area (Å²) in [6.07, 6.45) is -1.21. The van der Waals surface area contributed by atoms with Gasteiger partial charge in [-0.05, 0) is 49.9 Å². The zero-order valence-corrected chi connectivity index (χ0v) is 15.4. The standard InChI is InChI=1S/C18H17F5N4.ClH/c19-10-3-12(16(21)14(20)4-10)17-13(18(22)23)5-15(26-27-17)25-11-1-8-6-24-7-9(8)2-11;/h3-5,8-9,11,18,24H,1-2,6-7H2,(H,25,26);1H/t8-,9+,11-;. The van der Waals surface area contributed by atoms with Gasteiger partial charge in [0.15, 0.2) is 11.6 Å². The monoisotopic (exact) mass is 420 g/mol. The van der Waals surface area contributed by atoms with Crippen LogP contribution in [0.3, 0.4) is 0 Å². The van der Waals surface area contributed by atoms with Crippen molar-refractivity contribution < 1.29 is 22.0 Å². The summed E-state index contributed by atoms with van der Waals surface area (Å²) in [4.78, 5) is 0. The fourth-order valence-corrected chi connectivity index (χ4v) is 4.07. The zero-order valence-electron chi connectivity index (χ0n) is 14.6. The molecule has 1 aliphatic heterocycles. The Balaban J connectivity index is 0.00000225. The van der Waals surface area contributed by atoms with Crippen LogP contribution in [0, 0.1) is 29.3 Å². The Morgan fingerprint density at radius 3 is 2.32 bits per heavy atom. The molecule has 4 nitrogen and oxygen atoms in total. The van der Waals surface area contributed by atoms with Crippen LogP contribution in [0.15, 0.2) is 18.2 Å². The number of anilines is 1. The molecule has 0 radical (unpaired) electrons. The number of benzene rings is 1. The van der Waals surface area contributed by atoms with Gasteiger partial charge in [0.1, 0.15) is 17.3 Å². The van der Waals surface area contributed by atoms with Gasteiger partial charge in [-0.1, -0.05) is 0 Å². The molecule has 152 valence electrons. The molecule has 0 spiro atoms. The first-order valence-electron chi connectivity index (χ1n) is 8.70. The van der Waals surface area contributed by atoms with E-state index in [0.717, 1.165) is 32.0 Å². The molecule has 1 aromatic heterocycles. The van der Waals surface area contributed by atoms with E-state index >= 15 is 0 Å². The van der Waals surface area contributed by atoms with Crippen LogP contribution in [0.1, 0.15) is 24.8 Å². The van der Waals surface area contributed by atoms with Crippen molar-refractivity contribution >= 4 is 18.2 Å². The minimum atomic E-state index is -3.01. The Morgan fingerprint density at radius 2 is 1.68 bits per heavy atom. The molecular weight excluding hydrogens is 403 g/mol. The first kappa shape index (κ1) is 20.7. The van der Waals surface area contributed by atoms with Crippen LogP contribution in [0.2, 0.25) is 0 Å². The Kier molecular flexibility index (Phi) is 6.04. The van der Waals surface area contributed by atoms with Crippen LogP contribution < -0.4 is 10.6 Å². The lowest BCUT2D eigenvalue weighted by Gasteiger charge is -2.16. The summed E-state index contributed by atoms with van der Waals surface area (Å²) in [5.74, 6) is -2.75. The van der Waals surface area contributed by atoms with Crippen LogP contribution in [-0.2, 0) is 0 Å². The van der Waals surface area contributed by atoms with E-state index in [4.69, 9.17) is 0 Å². The highest BCUT2D eigenvalue weighted by molar-refractivity contribution is 5.85. The molecule has 10 heteroatoms. The van der Waals surface area contributed by atoms with E-state index < -0.39 is 40.7 Å². The van der Waals surface area contributed by atoms with Crippen molar-refractivity contribution in [2.24, 2.45) is 11.8 Å². The number of alkyl halides is 2. The third-order valence-corrected chi connectivity index (χ3v) is 5.31. The first-order chi connectivity index (χ1) is 12.9. The van der Waals surface area contributed by atoms with Crippen LogP contribution in [0.5, 0.6) is 0 Å². The van der Waals surface area contributed by atoms with Gasteiger partial charge in [0.05, 0.1) is 0 Å². The van der Waals surface area contributed by atoms with E-state index in [1.807, 2.05) is 0 Å². The highest BCUT2D eigenvalue weighted by Gasteiger charge is 2.37. The highest BCUT2D eigenvalue weighted by atomic mass is 35.5. The fourth-order valence-electron chi connectivity index (χ4n) is 4.07. The van der Waals surface area contributed by atoms with E-state index in [9.17, 15) is 22.0 Å². The predicted molar refractivity (Wildman–Crippen MR) is 96.0 cm³/mol. The molecule has 1 aromatic carbocycles. The number of hydrogen-bond acceptors (Lipinski definition) is 4. The summed E-state index contributed by atoms with van der Waals surface area (Å²) in [7, 11) is 0. The molecule has 0 unspecified atom stereocenters. The first-order valence-corrected chi connectivity index (χ1v) is 8.70. The van der Waals surface area contributed by atoms with E-state index in [1.165, 1.54) is 0 Å². The van der Waals surface area contributed by atoms with Gasteiger partial charge in [-0.3, -0.25) is 0 Å². The number of halogens is 6. The summed E-state index contributed by atoms with van der Waals surface area (Å²) >= 11 is 0. The van der Waals surface area contributed by atoms with Gasteiger partial charge in [0.25, 0.3) is 6.43 Å². The quantitative estimate of drug-likeness (QED) is 0.571. The number of nitrogens with one attached hydrogen (secondary N) is 2. The average Bonchev–Trinajstić information content (AvgIpc) is 3.19. The second-order valence-corrected chi connectivity index (χ2v) is 7.07. The van der Waals surface area contributed by atoms with Crippen molar-refractivity contribution in [3.05, 3.63) is 41.2 Å². The molecule has 3 atom stereocenters. The number of fused-ring (bicyclic) bond motifs is 1. The number of rotatable bonds is 4. The average molecular weight is 421 g/mol. The predicted octanol–water partition coefficient (Wildman–Crippen LogP) is 4.33. The maximum atomic E-state index is 14.0. The van der Waals surface area contributed by atoms with Crippen molar-refractivity contribution in [1.82, 2.24) is 15.5 Å². The van der Waals surface area contributed by atoms with Gasteiger partial charge < -0.3 is 10.6 Å². The zero-order chi connectivity index (χ0) is 19.1. The summed E-state index contributed by atoms with van der Waals surface area (Å²) in [6.45, 7) is 1.89. The molecule has 2 fully saturated rings. The third-order valence-electron chi connectivity index (χ3n) is 5.31. The summed E-state index contributed by atoms with van der Waals surface area (Å²) in [5, 5.41) is 13.9. The van der Waals surface area contributed by atoms with Gasteiger partial charge in [-0.2, -0.15) is 0 Å². The molecule has 2 heterocycles. The Bertz CT molecular complexity index is 854. The highest BCUT2D eigenvalue weighted by Crippen LogP contribution is 2.37. The lowest BCUT2D eigenvalue weighted by atomic mass is 10.0. The number of nitrogens with zero attached hydrogens (tertiary/aromatic N) is 2. The van der Waals surface area contributed by atoms with E-state index in [2.05, 4.69) is 20.8 Å². The maximum Gasteiger partial charge on any atom is 0.266 e. The molecular formula is C18H18ClF5N4. The van der Waals surface area contributed by atoms with E-state index in [1.54, 1.807) is 0 Å². The van der Waals surface area contributed by atoms with Crippen molar-refractivity contribution in [1.29, 1.82) is 0 Å². The third kappa shape index (κ3) is 3.91. The number of hydrogen-bond donors (Lipinski definition) is 2. The van der Waals surface area contributed by atoms with Crippen molar-refractivity contribution in [2.45, 2.75) is 25.3 Å². The fraction of sp³-hybridized carbons (Fsp3) is 0.444. The van der Waals surface area contributed by atoms with Crippen molar-refractivity contribution in [2.75, 3.05) is 18.4 Å². The van der Waals surface area contributed by atoms with Crippen LogP contribution in [-0.4, -0.2) is 29.3 Å². The Hall–Kier alpha value is -2.00. The second-order valence-electron chi connectivity index (χ2n) is 7.07. The molecule has 4 rings (SSSR count). The lowest BCUT2D eigenvalue weighted by Crippen LogP contribution is -2.21. The molecule has 1 saturated carbocycles. The van der Waals surface area contributed by atoms with Gasteiger partial charge in [-0.25, -0.2) is 22.0 Å². The lowest BCUT2D eigenvalue weighted by molar-refractivity contribution is 0.151. The molecule has 2 N–H and O–H groups in total. The van der Waals surface area contributed by atoms with Gasteiger partial charge >= 0.3 is 0 Å². The molecule has 1 saturated heterocycles. The maximum absolute atomic E-state index is 14.0. The minimum absolute atomic E-state index is 0. The summed E-state index contributed by atoms with van der Waals surface area (Å²) in [6, 6.07) is 2.14. The van der Waals surface area contributed by atoms with Crippen LogP contribution >= 0.6 is 12.4 Å². The van der Waals surface area contributed by atoms with Crippen molar-refractivity contribution in [3.63, 3.8) is 0 Å². The summed E-state index contributed by atoms with van der Waals surface area (Å²) in [5.41, 5.74) is -1.88. The molecule has 0 amide bonds. The van der Waals surface area contributed by atoms with Crippen molar-refractivity contribution in [3.8, 4) is 11.3 Å². The van der Waals surface area contributed by atoms with Gasteiger partial charge in [0.2, 0.25) is 0 Å². The SMILES string of the molecule is Cl.Fc1cc(F)c(F)c(-c2nnc(N[C@H]3C[C@H]4CNC[C@H]4C3)cc2C(F)F)c1. The molecule has 0 bridgehead atoms. The topological polar surface area (TPSA) is 49.8 Å². The molecule has 2 aromatic rings. The second kappa shape index (κ2) is 8.16. The normalized spacial score (nSPS) is 23.6. The van der Waals surface area contributed by atoms with E-state index in [-0.39, 0.29) is 24.3 Å². The number of aromatic nitrogens is 2. The minimum Gasteiger partial charge on any atom is -0.366 e. The van der Waals surface area contributed by atoms with Crippen LogP contribution in [0.25, 0.3) is 11.3 Å². The molecule has 1 aliphatic carbocycles. The Morgan fingerprint density at radius 1 is 1.00 bits per heavy atom. The largest absolute Gasteiger partial charge is 0.366 e. The van der Waals surface area contributed by atoms with Crippen LogP contribution in [0.4, 0.5) is 27.8 Å². The van der Waals surface area contributed by atoms with Gasteiger partial charge in [-0.15, -0.1) is 22.6 Å². The van der Waals surface area contributed by atoms with Gasteiger partial charge in [0, 0.05) is 23.2 Å². The smallest absolute Gasteiger partial charge is 0.266 e. The molecule has 28 heavy (non-hydrogen) atoms. The Labute approximate surface area is 164 Å².